The van der Waals surface area contributed by atoms with E-state index in [4.69, 9.17) is 10.5 Å². The van der Waals surface area contributed by atoms with Gasteiger partial charge in [-0.1, -0.05) is 0 Å². The summed E-state index contributed by atoms with van der Waals surface area (Å²) >= 11 is 0. The summed E-state index contributed by atoms with van der Waals surface area (Å²) in [5, 5.41) is 16.1. The molecule has 0 N–H and O–H groups in total. The number of hydrogen-bond acceptors (Lipinski definition) is 3. The van der Waals surface area contributed by atoms with E-state index in [2.05, 4.69) is 10.2 Å². The van der Waals surface area contributed by atoms with E-state index >= 15 is 0 Å². The molecule has 0 saturated heterocycles. The first kappa shape index (κ1) is 8.61. The highest BCUT2D eigenvalue weighted by atomic mass is 28.1. The molecule has 47 valence electrons. The molecule has 0 rings (SSSR count). The number of allylic oxidation sites excluding steroid dienone is 2. The zero-order chi connectivity index (χ0) is 7.98. The van der Waals surface area contributed by atoms with Gasteiger partial charge in [0.25, 0.3) is 0 Å². The maximum absolute atomic E-state index is 10.2. The van der Waals surface area contributed by atoms with Crippen LogP contribution in [-0.4, -0.2) is 15.6 Å². The van der Waals surface area contributed by atoms with E-state index in [1.54, 1.807) is 12.1 Å². The van der Waals surface area contributed by atoms with Gasteiger partial charge in [0.2, 0.25) is 0 Å². The molecule has 0 aliphatic carbocycles. The first-order valence-corrected chi connectivity index (χ1v) is 2.95. The highest BCUT2D eigenvalue weighted by molar-refractivity contribution is 6.57. The number of hydrogen-bond donors (Lipinski definition) is 0. The SMILES string of the molecule is N#CC(C#N)=CCC(=O)[Si]. The average molecular weight is 147 g/mol. The predicted molar refractivity (Wildman–Crippen MR) is 34.7 cm³/mol. The summed E-state index contributed by atoms with van der Waals surface area (Å²) in [7, 11) is 2.71. The predicted octanol–water partition coefficient (Wildman–Crippen LogP) is 0.0452. The fourth-order valence-electron chi connectivity index (χ4n) is 0.311. The van der Waals surface area contributed by atoms with Crippen molar-refractivity contribution >= 4 is 15.6 Å². The van der Waals surface area contributed by atoms with Crippen molar-refractivity contribution in [1.82, 2.24) is 0 Å². The van der Waals surface area contributed by atoms with Gasteiger partial charge in [-0.3, -0.25) is 0 Å². The van der Waals surface area contributed by atoms with Gasteiger partial charge in [-0.15, -0.1) is 0 Å². The van der Waals surface area contributed by atoms with E-state index in [0.29, 0.717) is 0 Å². The van der Waals surface area contributed by atoms with Crippen molar-refractivity contribution in [3.63, 3.8) is 0 Å². The van der Waals surface area contributed by atoms with Crippen molar-refractivity contribution in [2.24, 2.45) is 0 Å². The molecule has 0 aromatic rings. The lowest BCUT2D eigenvalue weighted by atomic mass is 10.3. The Morgan fingerprint density at radius 3 is 2.30 bits per heavy atom. The van der Waals surface area contributed by atoms with Gasteiger partial charge in [-0.05, 0) is 6.08 Å². The Bertz CT molecular complexity index is 227. The van der Waals surface area contributed by atoms with Crippen molar-refractivity contribution in [2.45, 2.75) is 6.42 Å². The molecule has 0 aliphatic rings. The Hall–Kier alpha value is -1.39. The van der Waals surface area contributed by atoms with Crippen molar-refractivity contribution in [1.29, 1.82) is 10.5 Å². The smallest absolute Gasteiger partial charge is 0.126 e. The minimum atomic E-state index is -0.247. The molecule has 0 aromatic heterocycles. The highest BCUT2D eigenvalue weighted by Gasteiger charge is 1.92. The second-order valence-corrected chi connectivity index (χ2v) is 2.03. The molecular formula is C6H3N2OSi. The number of rotatable bonds is 2. The minimum Gasteiger partial charge on any atom is -0.306 e. The topological polar surface area (TPSA) is 64.7 Å². The van der Waals surface area contributed by atoms with Crippen LogP contribution in [0.2, 0.25) is 0 Å². The number of carbonyl (C=O) groups is 1. The van der Waals surface area contributed by atoms with Crippen LogP contribution in [0.3, 0.4) is 0 Å². The van der Waals surface area contributed by atoms with Crippen molar-refractivity contribution in [3.05, 3.63) is 11.6 Å². The second kappa shape index (κ2) is 4.48. The van der Waals surface area contributed by atoms with Crippen molar-refractivity contribution < 1.29 is 4.79 Å². The molecule has 4 heteroatoms. The summed E-state index contributed by atoms with van der Waals surface area (Å²) in [6, 6.07) is 3.27. The van der Waals surface area contributed by atoms with Gasteiger partial charge in [0, 0.05) is 6.42 Å². The Balaban J connectivity index is 4.07. The molecule has 10 heavy (non-hydrogen) atoms. The summed E-state index contributed by atoms with van der Waals surface area (Å²) in [5.74, 6) is 0. The molecule has 0 spiro atoms. The molecular weight excluding hydrogens is 144 g/mol. The number of carbonyl (C=O) groups excluding carboxylic acids is 1. The van der Waals surface area contributed by atoms with Gasteiger partial charge in [0.1, 0.15) is 33.4 Å². The summed E-state index contributed by atoms with van der Waals surface area (Å²) in [5.41, 5.74) is -0.0356. The van der Waals surface area contributed by atoms with Gasteiger partial charge in [0.05, 0.1) is 0 Å². The quantitative estimate of drug-likeness (QED) is 0.409. The zero-order valence-corrected chi connectivity index (χ0v) is 6.09. The number of nitriles is 2. The van der Waals surface area contributed by atoms with Crippen LogP contribution in [-0.2, 0) is 4.79 Å². The standard InChI is InChI=1S/C6H3N2OSi/c7-3-5(4-8)1-2-6(9)10/h1H,2H2. The van der Waals surface area contributed by atoms with E-state index < -0.39 is 0 Å². The average Bonchev–Trinajstić information content (AvgIpc) is 1.90. The molecule has 0 saturated carbocycles. The normalized spacial score (nSPS) is 7.10. The fraction of sp³-hybridized carbons (Fsp3) is 0.167. The van der Waals surface area contributed by atoms with E-state index in [9.17, 15) is 4.79 Å². The van der Waals surface area contributed by atoms with Gasteiger partial charge in [-0.2, -0.15) is 10.5 Å². The van der Waals surface area contributed by atoms with Gasteiger partial charge in [0.15, 0.2) is 0 Å². The molecule has 0 bridgehead atoms. The third kappa shape index (κ3) is 3.59. The monoisotopic (exact) mass is 147 g/mol. The van der Waals surface area contributed by atoms with E-state index in [1.807, 2.05) is 0 Å². The van der Waals surface area contributed by atoms with Crippen LogP contribution in [0.5, 0.6) is 0 Å². The Morgan fingerprint density at radius 2 is 2.00 bits per heavy atom. The largest absolute Gasteiger partial charge is 0.306 e. The molecule has 0 aromatic carbocycles. The second-order valence-electron chi connectivity index (χ2n) is 1.47. The van der Waals surface area contributed by atoms with Crippen LogP contribution in [0.1, 0.15) is 6.42 Å². The highest BCUT2D eigenvalue weighted by Crippen LogP contribution is 1.91. The summed E-state index contributed by atoms with van der Waals surface area (Å²) in [4.78, 5) is 10.2. The molecule has 0 heterocycles. The zero-order valence-electron chi connectivity index (χ0n) is 5.09. The first-order valence-electron chi connectivity index (χ1n) is 2.45. The number of nitrogens with zero attached hydrogens (tertiary/aromatic N) is 2. The van der Waals surface area contributed by atoms with Crippen LogP contribution in [0.15, 0.2) is 11.6 Å². The van der Waals surface area contributed by atoms with Gasteiger partial charge in [-0.25, -0.2) is 0 Å². The molecule has 0 amide bonds. The third-order valence-electron chi connectivity index (χ3n) is 0.732. The Morgan fingerprint density at radius 1 is 1.50 bits per heavy atom. The lowest BCUT2D eigenvalue weighted by Crippen LogP contribution is -1.92. The van der Waals surface area contributed by atoms with Crippen LogP contribution < -0.4 is 0 Å². The van der Waals surface area contributed by atoms with E-state index in [1.165, 1.54) is 6.08 Å². The fourth-order valence-corrected chi connectivity index (χ4v) is 0.413. The van der Waals surface area contributed by atoms with Crippen molar-refractivity contribution in [3.8, 4) is 12.1 Å². The maximum atomic E-state index is 10.2. The first-order chi connectivity index (χ1) is 4.70. The Kier molecular flexibility index (Phi) is 3.86. The van der Waals surface area contributed by atoms with Crippen molar-refractivity contribution in [2.75, 3.05) is 0 Å². The van der Waals surface area contributed by atoms with Crippen LogP contribution in [0.25, 0.3) is 0 Å². The lowest BCUT2D eigenvalue weighted by Gasteiger charge is -1.81. The lowest BCUT2D eigenvalue weighted by molar-refractivity contribution is -0.111. The van der Waals surface area contributed by atoms with E-state index in [0.717, 1.165) is 0 Å². The van der Waals surface area contributed by atoms with E-state index in [-0.39, 0.29) is 17.4 Å². The van der Waals surface area contributed by atoms with Crippen LogP contribution in [0, 0.1) is 22.7 Å². The van der Waals surface area contributed by atoms with Gasteiger partial charge < -0.3 is 4.79 Å². The molecule has 0 unspecified atom stereocenters. The molecule has 0 aliphatic heterocycles. The summed E-state index contributed by atoms with van der Waals surface area (Å²) < 4.78 is 0. The molecule has 3 nitrogen and oxygen atoms in total. The Labute approximate surface area is 62.0 Å². The molecule has 0 atom stereocenters. The third-order valence-corrected chi connectivity index (χ3v) is 0.937. The maximum Gasteiger partial charge on any atom is 0.126 e. The van der Waals surface area contributed by atoms with Gasteiger partial charge >= 0.3 is 0 Å². The summed E-state index contributed by atoms with van der Waals surface area (Å²) in [6.45, 7) is 0. The molecule has 0 fully saturated rings. The minimum absolute atomic E-state index is 0.0356. The molecule has 3 radical (unpaired) electrons. The summed E-state index contributed by atoms with van der Waals surface area (Å²) in [6.07, 6.45) is 1.35. The van der Waals surface area contributed by atoms with Crippen LogP contribution in [0.4, 0.5) is 0 Å². The van der Waals surface area contributed by atoms with Crippen LogP contribution >= 0.6 is 0 Å².